The van der Waals surface area contributed by atoms with Crippen LogP contribution in [0.15, 0.2) is 24.3 Å². The van der Waals surface area contributed by atoms with Gasteiger partial charge in [-0.15, -0.1) is 0 Å². The summed E-state index contributed by atoms with van der Waals surface area (Å²) in [7, 11) is 0. The van der Waals surface area contributed by atoms with Gasteiger partial charge in [-0.05, 0) is 49.1 Å². The first-order valence-corrected chi connectivity index (χ1v) is 10.6. The van der Waals surface area contributed by atoms with E-state index in [0.29, 0.717) is 23.9 Å². The van der Waals surface area contributed by atoms with Crippen LogP contribution >= 0.6 is 0 Å². The Kier molecular flexibility index (Phi) is 5.68. The Morgan fingerprint density at radius 2 is 1.86 bits per heavy atom. The highest BCUT2D eigenvalue weighted by molar-refractivity contribution is 5.79. The van der Waals surface area contributed by atoms with E-state index in [0.717, 1.165) is 57.7 Å². The van der Waals surface area contributed by atoms with Crippen LogP contribution in [0.4, 0.5) is 13.2 Å². The SMILES string of the molecule is O=C(N[C@H]1CC[C@H]2CN(Cc3cccc(C(F)(F)F)c3)C[C@H]21)C1CCCCC1. The minimum atomic E-state index is -4.30. The fourth-order valence-corrected chi connectivity index (χ4v) is 5.44. The second-order valence-corrected chi connectivity index (χ2v) is 8.84. The third-order valence-electron chi connectivity index (χ3n) is 6.90. The Morgan fingerprint density at radius 3 is 2.61 bits per heavy atom. The molecule has 3 aliphatic rings. The molecule has 154 valence electrons. The molecule has 1 saturated heterocycles. The number of likely N-dealkylation sites (tertiary alicyclic amines) is 1. The summed E-state index contributed by atoms with van der Waals surface area (Å²) in [5, 5.41) is 3.32. The molecular weight excluding hydrogens is 365 g/mol. The number of nitrogens with zero attached hydrogens (tertiary/aromatic N) is 1. The fourth-order valence-electron chi connectivity index (χ4n) is 5.44. The molecule has 3 nitrogen and oxygen atoms in total. The van der Waals surface area contributed by atoms with Gasteiger partial charge >= 0.3 is 6.18 Å². The number of carbonyl (C=O) groups is 1. The van der Waals surface area contributed by atoms with Crippen molar-refractivity contribution in [3.8, 4) is 0 Å². The van der Waals surface area contributed by atoms with Gasteiger partial charge in [0.1, 0.15) is 0 Å². The number of carbonyl (C=O) groups excluding carboxylic acids is 1. The fraction of sp³-hybridized carbons (Fsp3) is 0.682. The highest BCUT2D eigenvalue weighted by atomic mass is 19.4. The molecule has 1 N–H and O–H groups in total. The Hall–Kier alpha value is -1.56. The summed E-state index contributed by atoms with van der Waals surface area (Å²) in [4.78, 5) is 14.9. The molecule has 3 fully saturated rings. The number of halogens is 3. The zero-order valence-corrected chi connectivity index (χ0v) is 16.2. The summed E-state index contributed by atoms with van der Waals surface area (Å²) in [5.74, 6) is 1.37. The second-order valence-electron chi connectivity index (χ2n) is 8.84. The number of hydrogen-bond donors (Lipinski definition) is 1. The van der Waals surface area contributed by atoms with Crippen LogP contribution in [0.5, 0.6) is 0 Å². The average Bonchev–Trinajstić information content (AvgIpc) is 3.23. The number of fused-ring (bicyclic) bond motifs is 1. The third-order valence-corrected chi connectivity index (χ3v) is 6.90. The molecule has 0 aromatic heterocycles. The van der Waals surface area contributed by atoms with E-state index in [1.54, 1.807) is 6.07 Å². The van der Waals surface area contributed by atoms with Crippen LogP contribution in [-0.4, -0.2) is 29.9 Å². The van der Waals surface area contributed by atoms with Crippen molar-refractivity contribution in [3.63, 3.8) is 0 Å². The van der Waals surface area contributed by atoms with Crippen molar-refractivity contribution in [2.45, 2.75) is 63.7 Å². The van der Waals surface area contributed by atoms with Crippen molar-refractivity contribution < 1.29 is 18.0 Å². The van der Waals surface area contributed by atoms with E-state index in [2.05, 4.69) is 10.2 Å². The molecule has 1 aromatic rings. The smallest absolute Gasteiger partial charge is 0.353 e. The normalized spacial score (nSPS) is 29.0. The largest absolute Gasteiger partial charge is 0.416 e. The van der Waals surface area contributed by atoms with Crippen LogP contribution in [0.25, 0.3) is 0 Å². The molecule has 0 unspecified atom stereocenters. The number of nitrogens with one attached hydrogen (secondary N) is 1. The number of rotatable bonds is 4. The van der Waals surface area contributed by atoms with Crippen LogP contribution in [-0.2, 0) is 17.5 Å². The summed E-state index contributed by atoms with van der Waals surface area (Å²) in [5.41, 5.74) is 0.125. The van der Waals surface area contributed by atoms with Crippen LogP contribution in [0.2, 0.25) is 0 Å². The molecule has 3 atom stereocenters. The van der Waals surface area contributed by atoms with Gasteiger partial charge in [0, 0.05) is 31.6 Å². The minimum absolute atomic E-state index is 0.176. The minimum Gasteiger partial charge on any atom is -0.353 e. The zero-order chi connectivity index (χ0) is 19.7. The predicted molar refractivity (Wildman–Crippen MR) is 101 cm³/mol. The summed E-state index contributed by atoms with van der Waals surface area (Å²) < 4.78 is 38.8. The summed E-state index contributed by atoms with van der Waals surface area (Å²) >= 11 is 0. The van der Waals surface area contributed by atoms with Gasteiger partial charge in [0.2, 0.25) is 5.91 Å². The summed E-state index contributed by atoms with van der Waals surface area (Å²) in [6.45, 7) is 2.31. The van der Waals surface area contributed by atoms with Gasteiger partial charge in [-0.1, -0.05) is 37.5 Å². The van der Waals surface area contributed by atoms with Gasteiger partial charge in [-0.2, -0.15) is 13.2 Å². The molecule has 1 heterocycles. The van der Waals surface area contributed by atoms with Gasteiger partial charge in [-0.25, -0.2) is 0 Å². The molecule has 1 amide bonds. The molecule has 6 heteroatoms. The molecule has 2 aliphatic carbocycles. The number of hydrogen-bond acceptors (Lipinski definition) is 2. The first kappa shape index (κ1) is 19.7. The Morgan fingerprint density at radius 1 is 1.07 bits per heavy atom. The highest BCUT2D eigenvalue weighted by Gasteiger charge is 2.43. The first-order chi connectivity index (χ1) is 13.4. The lowest BCUT2D eigenvalue weighted by molar-refractivity contribution is -0.137. The second kappa shape index (κ2) is 8.05. The molecule has 0 bridgehead atoms. The number of alkyl halides is 3. The van der Waals surface area contributed by atoms with E-state index in [9.17, 15) is 18.0 Å². The van der Waals surface area contributed by atoms with E-state index in [4.69, 9.17) is 0 Å². The highest BCUT2D eigenvalue weighted by Crippen LogP contribution is 2.39. The molecule has 28 heavy (non-hydrogen) atoms. The maximum atomic E-state index is 12.9. The van der Waals surface area contributed by atoms with Crippen LogP contribution in [0, 0.1) is 17.8 Å². The third kappa shape index (κ3) is 4.37. The first-order valence-electron chi connectivity index (χ1n) is 10.6. The lowest BCUT2D eigenvalue weighted by atomic mass is 9.88. The molecule has 2 saturated carbocycles. The van der Waals surface area contributed by atoms with Crippen LogP contribution < -0.4 is 5.32 Å². The quantitative estimate of drug-likeness (QED) is 0.809. The van der Waals surface area contributed by atoms with Gasteiger partial charge in [0.05, 0.1) is 5.56 Å². The predicted octanol–water partition coefficient (Wildman–Crippen LogP) is 4.61. The van der Waals surface area contributed by atoms with Crippen molar-refractivity contribution in [2.24, 2.45) is 17.8 Å². The zero-order valence-electron chi connectivity index (χ0n) is 16.2. The summed E-state index contributed by atoms with van der Waals surface area (Å²) in [6.07, 6.45) is 3.39. The summed E-state index contributed by atoms with van der Waals surface area (Å²) in [6, 6.07) is 5.87. The van der Waals surface area contributed by atoms with E-state index in [-0.39, 0.29) is 17.9 Å². The number of benzene rings is 1. The van der Waals surface area contributed by atoms with Crippen molar-refractivity contribution >= 4 is 5.91 Å². The Balaban J connectivity index is 1.34. The lowest BCUT2D eigenvalue weighted by Gasteiger charge is -2.26. The van der Waals surface area contributed by atoms with E-state index >= 15 is 0 Å². The van der Waals surface area contributed by atoms with Crippen molar-refractivity contribution in [1.29, 1.82) is 0 Å². The molecule has 1 aliphatic heterocycles. The molecule has 0 radical (unpaired) electrons. The monoisotopic (exact) mass is 394 g/mol. The van der Waals surface area contributed by atoms with Crippen LogP contribution in [0.3, 0.4) is 0 Å². The standard InChI is InChI=1S/C22H29F3N2O/c23-22(24,25)18-8-4-5-15(11-18)12-27-13-17-9-10-20(19(17)14-27)26-21(28)16-6-2-1-3-7-16/h4-5,8,11,16-17,19-20H,1-3,6-7,9-10,12-14H2,(H,26,28)/t17-,19+,20-/m0/s1. The molecule has 0 spiro atoms. The maximum Gasteiger partial charge on any atom is 0.416 e. The molecular formula is C22H29F3N2O. The van der Waals surface area contributed by atoms with Gasteiger partial charge in [-0.3, -0.25) is 9.69 Å². The molecule has 1 aromatic carbocycles. The van der Waals surface area contributed by atoms with Gasteiger partial charge in [0.15, 0.2) is 0 Å². The van der Waals surface area contributed by atoms with Crippen molar-refractivity contribution in [2.75, 3.05) is 13.1 Å². The lowest BCUT2D eigenvalue weighted by Crippen LogP contribution is -2.43. The number of amides is 1. The van der Waals surface area contributed by atoms with E-state index in [1.165, 1.54) is 18.6 Å². The van der Waals surface area contributed by atoms with Crippen LogP contribution in [0.1, 0.15) is 56.1 Å². The van der Waals surface area contributed by atoms with Crippen molar-refractivity contribution in [3.05, 3.63) is 35.4 Å². The van der Waals surface area contributed by atoms with E-state index in [1.807, 2.05) is 0 Å². The Labute approximate surface area is 164 Å². The molecule has 4 rings (SSSR count). The average molecular weight is 394 g/mol. The van der Waals surface area contributed by atoms with Gasteiger partial charge in [0.25, 0.3) is 0 Å². The maximum absolute atomic E-state index is 12.9. The van der Waals surface area contributed by atoms with E-state index < -0.39 is 11.7 Å². The van der Waals surface area contributed by atoms with Gasteiger partial charge < -0.3 is 5.32 Å². The van der Waals surface area contributed by atoms with Crippen molar-refractivity contribution in [1.82, 2.24) is 10.2 Å². The topological polar surface area (TPSA) is 32.3 Å². The Bertz CT molecular complexity index is 699.